The van der Waals surface area contributed by atoms with E-state index in [4.69, 9.17) is 14.5 Å². The lowest BCUT2D eigenvalue weighted by molar-refractivity contribution is 0.408. The van der Waals surface area contributed by atoms with E-state index in [0.29, 0.717) is 24.6 Å². The van der Waals surface area contributed by atoms with Crippen molar-refractivity contribution in [3.63, 3.8) is 0 Å². The van der Waals surface area contributed by atoms with Gasteiger partial charge in [0, 0.05) is 42.3 Å². The summed E-state index contributed by atoms with van der Waals surface area (Å²) in [6, 6.07) is 10.5. The number of rotatable bonds is 6. The smallest absolute Gasteiger partial charge is 0.128 e. The zero-order valence-electron chi connectivity index (χ0n) is 16.6. The van der Waals surface area contributed by atoms with Crippen LogP contribution in [0.25, 0.3) is 22.3 Å². The van der Waals surface area contributed by atoms with Gasteiger partial charge in [-0.2, -0.15) is 5.10 Å². The third-order valence-electron chi connectivity index (χ3n) is 5.03. The number of hydrogen-bond acceptors (Lipinski definition) is 6. The lowest BCUT2D eigenvalue weighted by Gasteiger charge is -2.25. The standard InChI is InChI=1S/C22H20FN5O2/c1-27-11-14(9-25-27)22-10-24-20-4-3-16(8-21(20)26-22)28(12-19-13-30-19)17-5-15(23)6-18(7-17)29-2/h3-11,19H,12-13H2,1-2H3/t19-/m1/s1. The molecular formula is C22H20FN5O2. The molecule has 1 aliphatic rings. The minimum absolute atomic E-state index is 0.114. The molecule has 0 unspecified atom stereocenters. The van der Waals surface area contributed by atoms with E-state index in [2.05, 4.69) is 10.1 Å². The highest BCUT2D eigenvalue weighted by molar-refractivity contribution is 5.82. The van der Waals surface area contributed by atoms with Crippen LogP contribution in [0.15, 0.2) is 55.0 Å². The number of halogens is 1. The summed E-state index contributed by atoms with van der Waals surface area (Å²) in [4.78, 5) is 11.3. The van der Waals surface area contributed by atoms with E-state index in [1.165, 1.54) is 19.2 Å². The number of aromatic nitrogens is 4. The van der Waals surface area contributed by atoms with E-state index >= 15 is 0 Å². The van der Waals surface area contributed by atoms with Crippen molar-refractivity contribution in [1.82, 2.24) is 19.7 Å². The monoisotopic (exact) mass is 405 g/mol. The first kappa shape index (κ1) is 18.5. The summed E-state index contributed by atoms with van der Waals surface area (Å²) in [5.41, 5.74) is 4.75. The quantitative estimate of drug-likeness (QED) is 0.456. The second kappa shape index (κ2) is 7.38. The molecule has 0 radical (unpaired) electrons. The van der Waals surface area contributed by atoms with Gasteiger partial charge >= 0.3 is 0 Å². The number of nitrogens with zero attached hydrogens (tertiary/aromatic N) is 5. The molecule has 1 aliphatic heterocycles. The minimum Gasteiger partial charge on any atom is -0.497 e. The van der Waals surface area contributed by atoms with Crippen LogP contribution in [0.1, 0.15) is 0 Å². The molecule has 1 fully saturated rings. The maximum atomic E-state index is 14.2. The lowest BCUT2D eigenvalue weighted by atomic mass is 10.2. The number of epoxide rings is 1. The fourth-order valence-electron chi connectivity index (χ4n) is 3.42. The summed E-state index contributed by atoms with van der Waals surface area (Å²) in [6.45, 7) is 1.30. The molecule has 0 spiro atoms. The molecule has 0 aliphatic carbocycles. The Morgan fingerprint density at radius 1 is 1.17 bits per heavy atom. The van der Waals surface area contributed by atoms with Crippen LogP contribution in [-0.2, 0) is 11.8 Å². The fourth-order valence-corrected chi connectivity index (χ4v) is 3.42. The van der Waals surface area contributed by atoms with Crippen molar-refractivity contribution < 1.29 is 13.9 Å². The highest BCUT2D eigenvalue weighted by Crippen LogP contribution is 2.33. The van der Waals surface area contributed by atoms with Crippen LogP contribution in [0.5, 0.6) is 5.75 Å². The number of ether oxygens (including phenoxy) is 2. The second-order valence-corrected chi connectivity index (χ2v) is 7.25. The van der Waals surface area contributed by atoms with E-state index < -0.39 is 0 Å². The topological polar surface area (TPSA) is 68.6 Å². The maximum Gasteiger partial charge on any atom is 0.128 e. The molecule has 2 aromatic carbocycles. The largest absolute Gasteiger partial charge is 0.497 e. The first-order valence-electron chi connectivity index (χ1n) is 9.58. The molecule has 0 N–H and O–H groups in total. The minimum atomic E-state index is -0.356. The van der Waals surface area contributed by atoms with Crippen molar-refractivity contribution >= 4 is 22.4 Å². The van der Waals surface area contributed by atoms with Crippen LogP contribution < -0.4 is 9.64 Å². The third kappa shape index (κ3) is 3.69. The van der Waals surface area contributed by atoms with Gasteiger partial charge < -0.3 is 14.4 Å². The SMILES string of the molecule is COc1cc(F)cc(N(C[C@@H]2CO2)c2ccc3ncc(-c4cnn(C)c4)nc3c2)c1. The van der Waals surface area contributed by atoms with Crippen LogP contribution in [0, 0.1) is 5.82 Å². The molecule has 2 aromatic heterocycles. The molecule has 1 saturated heterocycles. The van der Waals surface area contributed by atoms with Gasteiger partial charge in [-0.05, 0) is 24.3 Å². The van der Waals surface area contributed by atoms with Crippen molar-refractivity contribution in [2.75, 3.05) is 25.2 Å². The Morgan fingerprint density at radius 2 is 2.03 bits per heavy atom. The fraction of sp³-hybridized carbons (Fsp3) is 0.227. The van der Waals surface area contributed by atoms with E-state index in [-0.39, 0.29) is 11.9 Å². The Hall–Kier alpha value is -3.52. The first-order valence-corrected chi connectivity index (χ1v) is 9.58. The van der Waals surface area contributed by atoms with Gasteiger partial charge in [0.25, 0.3) is 0 Å². The zero-order valence-corrected chi connectivity index (χ0v) is 16.6. The Labute approximate surface area is 172 Å². The van der Waals surface area contributed by atoms with Crippen LogP contribution in [0.2, 0.25) is 0 Å². The molecule has 0 saturated carbocycles. The number of anilines is 2. The highest BCUT2D eigenvalue weighted by Gasteiger charge is 2.27. The summed E-state index contributed by atoms with van der Waals surface area (Å²) < 4.78 is 26.6. The van der Waals surface area contributed by atoms with Crippen LogP contribution >= 0.6 is 0 Å². The number of aryl methyl sites for hydroxylation is 1. The third-order valence-corrected chi connectivity index (χ3v) is 5.03. The van der Waals surface area contributed by atoms with Crippen molar-refractivity contribution in [2.24, 2.45) is 7.05 Å². The number of methoxy groups -OCH3 is 1. The van der Waals surface area contributed by atoms with Crippen LogP contribution in [0.3, 0.4) is 0 Å². The first-order chi connectivity index (χ1) is 14.6. The molecule has 3 heterocycles. The summed E-state index contributed by atoms with van der Waals surface area (Å²) in [5.74, 6) is 0.108. The normalized spacial score (nSPS) is 15.4. The van der Waals surface area contributed by atoms with E-state index in [1.807, 2.05) is 42.4 Å². The van der Waals surface area contributed by atoms with Crippen LogP contribution in [-0.4, -0.2) is 46.1 Å². The predicted octanol–water partition coefficient (Wildman–Crippen LogP) is 3.71. The lowest BCUT2D eigenvalue weighted by Crippen LogP contribution is -2.22. The second-order valence-electron chi connectivity index (χ2n) is 7.25. The molecule has 0 amide bonds. The Kier molecular flexibility index (Phi) is 4.55. The number of benzene rings is 2. The molecule has 1 atom stereocenters. The zero-order chi connectivity index (χ0) is 20.7. The molecule has 5 rings (SSSR count). The molecule has 30 heavy (non-hydrogen) atoms. The van der Waals surface area contributed by atoms with E-state index in [0.717, 1.165) is 28.0 Å². The van der Waals surface area contributed by atoms with Gasteiger partial charge in [0.2, 0.25) is 0 Å². The van der Waals surface area contributed by atoms with Gasteiger partial charge in [-0.25, -0.2) is 9.37 Å². The predicted molar refractivity (Wildman–Crippen MR) is 111 cm³/mol. The summed E-state index contributed by atoms with van der Waals surface area (Å²) in [7, 11) is 3.39. The highest BCUT2D eigenvalue weighted by atomic mass is 19.1. The van der Waals surface area contributed by atoms with Crippen molar-refractivity contribution in [3.8, 4) is 17.0 Å². The summed E-state index contributed by atoms with van der Waals surface area (Å²) in [6.07, 6.45) is 5.51. The van der Waals surface area contributed by atoms with Crippen molar-refractivity contribution in [3.05, 3.63) is 60.8 Å². The van der Waals surface area contributed by atoms with Crippen LogP contribution in [0.4, 0.5) is 15.8 Å². The number of fused-ring (bicyclic) bond motifs is 1. The molecule has 7 nitrogen and oxygen atoms in total. The van der Waals surface area contributed by atoms with Gasteiger partial charge in [-0.1, -0.05) is 0 Å². The molecule has 152 valence electrons. The average molecular weight is 405 g/mol. The van der Waals surface area contributed by atoms with Gasteiger partial charge in [-0.3, -0.25) is 9.67 Å². The Morgan fingerprint density at radius 3 is 2.77 bits per heavy atom. The average Bonchev–Trinajstić information content (AvgIpc) is 3.48. The summed E-state index contributed by atoms with van der Waals surface area (Å²) in [5, 5.41) is 4.20. The molecule has 0 bridgehead atoms. The van der Waals surface area contributed by atoms with Gasteiger partial charge in [0.15, 0.2) is 0 Å². The van der Waals surface area contributed by atoms with Gasteiger partial charge in [-0.15, -0.1) is 0 Å². The molecular weight excluding hydrogens is 385 g/mol. The van der Waals surface area contributed by atoms with E-state index in [1.54, 1.807) is 17.1 Å². The molecule has 8 heteroatoms. The van der Waals surface area contributed by atoms with Crippen molar-refractivity contribution in [1.29, 1.82) is 0 Å². The Balaban J connectivity index is 1.58. The Bertz CT molecular complexity index is 1220. The van der Waals surface area contributed by atoms with Crippen molar-refractivity contribution in [2.45, 2.75) is 6.10 Å². The van der Waals surface area contributed by atoms with Gasteiger partial charge in [0.1, 0.15) is 11.6 Å². The van der Waals surface area contributed by atoms with Gasteiger partial charge in [0.05, 0.1) is 55.5 Å². The van der Waals surface area contributed by atoms with E-state index in [9.17, 15) is 4.39 Å². The summed E-state index contributed by atoms with van der Waals surface area (Å²) >= 11 is 0. The molecule has 4 aromatic rings. The maximum absolute atomic E-state index is 14.2. The number of hydrogen-bond donors (Lipinski definition) is 0.